The molecule has 1 N–H and O–H groups in total. The highest BCUT2D eigenvalue weighted by Gasteiger charge is 2.26. The van der Waals surface area contributed by atoms with Crippen LogP contribution in [0.5, 0.6) is 5.75 Å². The van der Waals surface area contributed by atoms with E-state index in [-0.39, 0.29) is 23.6 Å². The van der Waals surface area contributed by atoms with Gasteiger partial charge in [-0.3, -0.25) is 9.59 Å². The quantitative estimate of drug-likeness (QED) is 0.441. The second-order valence-corrected chi connectivity index (χ2v) is 9.42. The van der Waals surface area contributed by atoms with Crippen molar-refractivity contribution in [1.29, 1.82) is 0 Å². The molecule has 0 aliphatic heterocycles. The maximum Gasteiger partial charge on any atom is 0.242 e. The van der Waals surface area contributed by atoms with Crippen molar-refractivity contribution in [3.8, 4) is 5.75 Å². The third kappa shape index (κ3) is 7.91. The van der Waals surface area contributed by atoms with E-state index in [4.69, 9.17) is 27.9 Å². The Kier molecular flexibility index (Phi) is 10.7. The molecule has 0 heterocycles. The molecule has 174 valence electrons. The van der Waals surface area contributed by atoms with Gasteiger partial charge >= 0.3 is 0 Å². The van der Waals surface area contributed by atoms with Crippen LogP contribution < -0.4 is 10.1 Å². The van der Waals surface area contributed by atoms with Crippen LogP contribution in [0.2, 0.25) is 10.0 Å². The van der Waals surface area contributed by atoms with Crippen LogP contribution in [0.1, 0.15) is 38.3 Å². The maximum absolute atomic E-state index is 13.1. The van der Waals surface area contributed by atoms with Crippen molar-refractivity contribution < 1.29 is 14.3 Å². The van der Waals surface area contributed by atoms with E-state index in [0.29, 0.717) is 22.3 Å². The van der Waals surface area contributed by atoms with Crippen LogP contribution in [0.25, 0.3) is 0 Å². The summed E-state index contributed by atoms with van der Waals surface area (Å²) in [5, 5.41) is 4.13. The molecule has 2 atom stereocenters. The van der Waals surface area contributed by atoms with Crippen molar-refractivity contribution in [2.75, 3.05) is 12.9 Å². The molecule has 2 amide bonds. The first-order chi connectivity index (χ1) is 15.2. The van der Waals surface area contributed by atoms with E-state index in [2.05, 4.69) is 5.32 Å². The number of carbonyl (C=O) groups excluding carboxylic acids is 2. The number of thioether (sulfide) groups is 1. The fourth-order valence-electron chi connectivity index (χ4n) is 2.95. The topological polar surface area (TPSA) is 58.6 Å². The second kappa shape index (κ2) is 13.0. The van der Waals surface area contributed by atoms with Gasteiger partial charge in [0.15, 0.2) is 0 Å². The van der Waals surface area contributed by atoms with Crippen LogP contribution in [0, 0.1) is 0 Å². The lowest BCUT2D eigenvalue weighted by Crippen LogP contribution is -2.50. The maximum atomic E-state index is 13.1. The molecule has 2 rings (SSSR count). The van der Waals surface area contributed by atoms with E-state index in [9.17, 15) is 9.59 Å². The molecule has 0 aromatic heterocycles. The molecule has 0 spiro atoms. The summed E-state index contributed by atoms with van der Waals surface area (Å²) >= 11 is 13.6. The molecule has 0 saturated carbocycles. The van der Waals surface area contributed by atoms with Gasteiger partial charge in [0.05, 0.1) is 12.9 Å². The number of benzene rings is 2. The predicted molar refractivity (Wildman–Crippen MR) is 134 cm³/mol. The molecule has 0 radical (unpaired) electrons. The molecule has 0 aliphatic carbocycles. The van der Waals surface area contributed by atoms with E-state index in [1.165, 1.54) is 11.8 Å². The molecule has 2 aromatic rings. The van der Waals surface area contributed by atoms with Gasteiger partial charge in [-0.15, -0.1) is 11.8 Å². The summed E-state index contributed by atoms with van der Waals surface area (Å²) in [5.41, 5.74) is 1.84. The van der Waals surface area contributed by atoms with Crippen molar-refractivity contribution in [2.45, 2.75) is 51.6 Å². The Morgan fingerprint density at radius 3 is 2.41 bits per heavy atom. The van der Waals surface area contributed by atoms with Crippen LogP contribution in [0.4, 0.5) is 0 Å². The molecular weight excluding hydrogens is 467 g/mol. The first-order valence-corrected chi connectivity index (χ1v) is 12.4. The first-order valence-electron chi connectivity index (χ1n) is 10.5. The van der Waals surface area contributed by atoms with Crippen LogP contribution in [0.3, 0.4) is 0 Å². The average molecular weight is 497 g/mol. The predicted octanol–water partition coefficient (Wildman–Crippen LogP) is 5.57. The lowest BCUT2D eigenvalue weighted by Gasteiger charge is -2.29. The molecule has 0 aliphatic rings. The molecule has 32 heavy (non-hydrogen) atoms. The summed E-state index contributed by atoms with van der Waals surface area (Å²) in [7, 11) is 1.61. The zero-order chi connectivity index (χ0) is 23.7. The summed E-state index contributed by atoms with van der Waals surface area (Å²) < 4.78 is 5.21. The van der Waals surface area contributed by atoms with Gasteiger partial charge in [0, 0.05) is 28.4 Å². The average Bonchev–Trinajstić information content (AvgIpc) is 2.78. The lowest BCUT2D eigenvalue weighted by atomic mass is 10.1. The number of hydrogen-bond donors (Lipinski definition) is 1. The van der Waals surface area contributed by atoms with Gasteiger partial charge < -0.3 is 15.0 Å². The second-order valence-electron chi connectivity index (χ2n) is 7.59. The zero-order valence-electron chi connectivity index (χ0n) is 18.9. The minimum atomic E-state index is -0.599. The van der Waals surface area contributed by atoms with Gasteiger partial charge in [0.2, 0.25) is 11.8 Å². The lowest BCUT2D eigenvalue weighted by molar-refractivity contribution is -0.138. The first kappa shape index (κ1) is 26.4. The van der Waals surface area contributed by atoms with E-state index in [1.807, 2.05) is 44.2 Å². The molecular formula is C24H30Cl2N2O3S. The summed E-state index contributed by atoms with van der Waals surface area (Å²) in [6.45, 7) is 6.06. The Labute approximate surface area is 204 Å². The zero-order valence-corrected chi connectivity index (χ0v) is 21.2. The van der Waals surface area contributed by atoms with Gasteiger partial charge in [-0.2, -0.15) is 0 Å². The Morgan fingerprint density at radius 2 is 1.81 bits per heavy atom. The molecule has 0 bridgehead atoms. The summed E-state index contributed by atoms with van der Waals surface area (Å²) in [6, 6.07) is 12.3. The van der Waals surface area contributed by atoms with Gasteiger partial charge in [0.25, 0.3) is 0 Å². The number of halogens is 2. The largest absolute Gasteiger partial charge is 0.497 e. The van der Waals surface area contributed by atoms with Gasteiger partial charge in [0.1, 0.15) is 11.8 Å². The number of nitrogens with one attached hydrogen (secondary N) is 1. The third-order valence-corrected chi connectivity index (χ3v) is 6.73. The molecule has 0 fully saturated rings. The minimum absolute atomic E-state index is 0.0457. The number of rotatable bonds is 11. The van der Waals surface area contributed by atoms with Crippen molar-refractivity contribution in [3.05, 3.63) is 63.6 Å². The number of methoxy groups -OCH3 is 1. The van der Waals surface area contributed by atoms with E-state index in [0.717, 1.165) is 23.3 Å². The molecule has 0 unspecified atom stereocenters. The molecule has 0 saturated heterocycles. The minimum Gasteiger partial charge on any atom is -0.497 e. The number of ether oxygens (including phenoxy) is 1. The van der Waals surface area contributed by atoms with E-state index in [1.54, 1.807) is 31.1 Å². The highest BCUT2D eigenvalue weighted by molar-refractivity contribution is 7.99. The van der Waals surface area contributed by atoms with Crippen molar-refractivity contribution in [2.24, 2.45) is 0 Å². The van der Waals surface area contributed by atoms with Crippen LogP contribution in [-0.2, 0) is 21.9 Å². The fourth-order valence-corrected chi connectivity index (χ4v) is 4.41. The standard InChI is InChI=1S/C24H30Cl2N2O3S/c1-5-16(2)27-24(30)17(3)28(13-18-6-10-21(31-4)11-7-18)23(29)15-32-14-19-8-9-20(25)12-22(19)26/h6-12,16-17H,5,13-15H2,1-4H3,(H,27,30)/t16-,17-/m1/s1. The number of hydrogen-bond acceptors (Lipinski definition) is 4. The Bertz CT molecular complexity index is 909. The Morgan fingerprint density at radius 1 is 1.12 bits per heavy atom. The Balaban J connectivity index is 2.10. The molecule has 5 nitrogen and oxygen atoms in total. The summed E-state index contributed by atoms with van der Waals surface area (Å²) in [5.74, 6) is 1.28. The van der Waals surface area contributed by atoms with Gasteiger partial charge in [-0.25, -0.2) is 0 Å². The van der Waals surface area contributed by atoms with Crippen molar-refractivity contribution in [3.63, 3.8) is 0 Å². The van der Waals surface area contributed by atoms with Gasteiger partial charge in [-0.1, -0.05) is 48.3 Å². The van der Waals surface area contributed by atoms with Crippen molar-refractivity contribution in [1.82, 2.24) is 10.2 Å². The fraction of sp³-hybridized carbons (Fsp3) is 0.417. The monoisotopic (exact) mass is 496 g/mol. The third-order valence-electron chi connectivity index (χ3n) is 5.18. The number of amides is 2. The highest BCUT2D eigenvalue weighted by Crippen LogP contribution is 2.25. The smallest absolute Gasteiger partial charge is 0.242 e. The normalized spacial score (nSPS) is 12.7. The number of nitrogens with zero attached hydrogens (tertiary/aromatic N) is 1. The number of carbonyl (C=O) groups is 2. The molecule has 2 aromatic carbocycles. The SMILES string of the molecule is CC[C@@H](C)NC(=O)[C@@H](C)N(Cc1ccc(OC)cc1)C(=O)CSCc1ccc(Cl)cc1Cl. The van der Waals surface area contributed by atoms with E-state index >= 15 is 0 Å². The Hall–Kier alpha value is -1.89. The highest BCUT2D eigenvalue weighted by atomic mass is 35.5. The van der Waals surface area contributed by atoms with E-state index < -0.39 is 6.04 Å². The summed E-state index contributed by atoms with van der Waals surface area (Å²) in [4.78, 5) is 27.5. The molecule has 8 heteroatoms. The van der Waals surface area contributed by atoms with Crippen LogP contribution >= 0.6 is 35.0 Å². The van der Waals surface area contributed by atoms with Gasteiger partial charge in [-0.05, 0) is 55.7 Å². The van der Waals surface area contributed by atoms with Crippen LogP contribution in [0.15, 0.2) is 42.5 Å². The summed E-state index contributed by atoms with van der Waals surface area (Å²) in [6.07, 6.45) is 0.822. The van der Waals surface area contributed by atoms with Crippen molar-refractivity contribution >= 4 is 46.8 Å². The van der Waals surface area contributed by atoms with Crippen LogP contribution in [-0.4, -0.2) is 41.7 Å².